The minimum absolute atomic E-state index is 0.0643. The van der Waals surface area contributed by atoms with Crippen molar-refractivity contribution in [2.75, 3.05) is 19.0 Å². The number of nitrogens with one attached hydrogen (secondary N) is 1. The smallest absolute Gasteiger partial charge is 0.250 e. The van der Waals surface area contributed by atoms with Crippen molar-refractivity contribution in [3.8, 4) is 0 Å². The molecular weight excluding hydrogens is 244 g/mol. The zero-order chi connectivity index (χ0) is 13.7. The molecule has 5 heteroatoms. The van der Waals surface area contributed by atoms with Gasteiger partial charge in [0.15, 0.2) is 0 Å². The molecule has 1 heterocycles. The van der Waals surface area contributed by atoms with Crippen molar-refractivity contribution in [2.45, 2.75) is 32.2 Å². The highest BCUT2D eigenvalue weighted by Crippen LogP contribution is 2.25. The second-order valence-electron chi connectivity index (χ2n) is 4.91. The summed E-state index contributed by atoms with van der Waals surface area (Å²) in [5.74, 6) is 0.189. The van der Waals surface area contributed by atoms with Crippen LogP contribution in [-0.2, 0) is 16.1 Å². The molecule has 1 amide bonds. The fraction of sp³-hybridized carbons (Fsp3) is 0.571. The van der Waals surface area contributed by atoms with E-state index >= 15 is 0 Å². The van der Waals surface area contributed by atoms with Crippen molar-refractivity contribution in [3.05, 3.63) is 28.7 Å². The third kappa shape index (κ3) is 3.67. The van der Waals surface area contributed by atoms with Gasteiger partial charge in [-0.1, -0.05) is 12.8 Å². The Morgan fingerprint density at radius 2 is 2.16 bits per heavy atom. The average Bonchev–Trinajstić information content (AvgIpc) is 2.93. The van der Waals surface area contributed by atoms with Gasteiger partial charge in [-0.15, -0.1) is 0 Å². The topological polar surface area (TPSA) is 60.3 Å². The van der Waals surface area contributed by atoms with Gasteiger partial charge in [-0.3, -0.25) is 9.59 Å². The summed E-state index contributed by atoms with van der Waals surface area (Å²) in [6, 6.07) is 3.12. The summed E-state index contributed by atoms with van der Waals surface area (Å²) in [7, 11) is 1.59. The van der Waals surface area contributed by atoms with E-state index in [1.807, 2.05) is 0 Å². The number of hydrogen-bond donors (Lipinski definition) is 1. The summed E-state index contributed by atoms with van der Waals surface area (Å²) < 4.78 is 6.51. The number of methoxy groups -OCH3 is 1. The van der Waals surface area contributed by atoms with E-state index in [9.17, 15) is 9.59 Å². The van der Waals surface area contributed by atoms with Gasteiger partial charge in [0.25, 0.3) is 5.56 Å². The van der Waals surface area contributed by atoms with Gasteiger partial charge in [0, 0.05) is 31.8 Å². The van der Waals surface area contributed by atoms with Gasteiger partial charge in [-0.25, -0.2) is 0 Å². The van der Waals surface area contributed by atoms with Crippen LogP contribution in [0.2, 0.25) is 0 Å². The van der Waals surface area contributed by atoms with Crippen LogP contribution in [0.3, 0.4) is 0 Å². The number of nitrogens with zero attached hydrogens (tertiary/aromatic N) is 1. The number of pyridine rings is 1. The molecule has 19 heavy (non-hydrogen) atoms. The molecule has 0 atom stereocenters. The fourth-order valence-corrected chi connectivity index (χ4v) is 2.40. The normalized spacial score (nSPS) is 15.6. The number of carbonyl (C=O) groups is 1. The van der Waals surface area contributed by atoms with E-state index in [0.717, 1.165) is 25.7 Å². The van der Waals surface area contributed by atoms with E-state index < -0.39 is 0 Å². The minimum atomic E-state index is -0.0871. The molecule has 1 aliphatic carbocycles. The number of rotatable bonds is 5. The van der Waals surface area contributed by atoms with Crippen molar-refractivity contribution in [1.82, 2.24) is 4.57 Å². The Bertz CT molecular complexity index is 490. The van der Waals surface area contributed by atoms with Crippen LogP contribution >= 0.6 is 0 Å². The molecule has 0 spiro atoms. The van der Waals surface area contributed by atoms with Crippen molar-refractivity contribution in [3.63, 3.8) is 0 Å². The maximum Gasteiger partial charge on any atom is 0.250 e. The highest BCUT2D eigenvalue weighted by Gasteiger charge is 2.22. The quantitative estimate of drug-likeness (QED) is 0.879. The van der Waals surface area contributed by atoms with Crippen LogP contribution in [0.25, 0.3) is 0 Å². The number of amides is 1. The predicted octanol–water partition coefficient (Wildman–Crippen LogP) is 1.62. The molecule has 1 saturated carbocycles. The first kappa shape index (κ1) is 13.8. The second-order valence-corrected chi connectivity index (χ2v) is 4.91. The van der Waals surface area contributed by atoms with Gasteiger partial charge in [-0.2, -0.15) is 0 Å². The highest BCUT2D eigenvalue weighted by atomic mass is 16.5. The second kappa shape index (κ2) is 6.52. The largest absolute Gasteiger partial charge is 0.383 e. The van der Waals surface area contributed by atoms with Crippen LogP contribution < -0.4 is 10.9 Å². The lowest BCUT2D eigenvalue weighted by Crippen LogP contribution is -2.24. The van der Waals surface area contributed by atoms with Crippen LogP contribution in [0, 0.1) is 5.92 Å². The van der Waals surface area contributed by atoms with E-state index in [2.05, 4.69) is 5.32 Å². The molecule has 2 rings (SSSR count). The number of aromatic nitrogens is 1. The lowest BCUT2D eigenvalue weighted by molar-refractivity contribution is -0.119. The first-order valence-electron chi connectivity index (χ1n) is 6.71. The Kier molecular flexibility index (Phi) is 4.74. The molecule has 104 valence electrons. The molecule has 0 aliphatic heterocycles. The van der Waals surface area contributed by atoms with E-state index in [-0.39, 0.29) is 17.4 Å². The zero-order valence-electron chi connectivity index (χ0n) is 11.2. The highest BCUT2D eigenvalue weighted by molar-refractivity contribution is 5.92. The van der Waals surface area contributed by atoms with Crippen molar-refractivity contribution in [1.29, 1.82) is 0 Å². The fourth-order valence-electron chi connectivity index (χ4n) is 2.40. The van der Waals surface area contributed by atoms with Crippen LogP contribution in [-0.4, -0.2) is 24.2 Å². The van der Waals surface area contributed by atoms with E-state index in [1.54, 1.807) is 23.9 Å². The van der Waals surface area contributed by atoms with Crippen molar-refractivity contribution in [2.24, 2.45) is 5.92 Å². The molecule has 0 bridgehead atoms. The molecule has 0 saturated heterocycles. The molecule has 1 aromatic heterocycles. The molecule has 0 unspecified atom stereocenters. The molecule has 5 nitrogen and oxygen atoms in total. The lowest BCUT2D eigenvalue weighted by atomic mass is 10.1. The molecule has 1 aromatic rings. The minimum Gasteiger partial charge on any atom is -0.383 e. The van der Waals surface area contributed by atoms with Gasteiger partial charge in [0.05, 0.1) is 12.3 Å². The number of carbonyl (C=O) groups excluding carboxylic acids is 1. The third-order valence-electron chi connectivity index (χ3n) is 3.51. The van der Waals surface area contributed by atoms with Gasteiger partial charge >= 0.3 is 0 Å². The number of anilines is 1. The lowest BCUT2D eigenvalue weighted by Gasteiger charge is -2.12. The average molecular weight is 264 g/mol. The Morgan fingerprint density at radius 1 is 1.42 bits per heavy atom. The summed E-state index contributed by atoms with van der Waals surface area (Å²) in [5, 5.41) is 2.89. The summed E-state index contributed by atoms with van der Waals surface area (Å²) in [4.78, 5) is 23.6. The van der Waals surface area contributed by atoms with E-state index in [4.69, 9.17) is 4.74 Å². The molecular formula is C14H20N2O3. The van der Waals surface area contributed by atoms with Crippen LogP contribution in [0.4, 0.5) is 5.69 Å². The molecule has 0 aromatic carbocycles. The number of ether oxygens (including phenoxy) is 1. The predicted molar refractivity (Wildman–Crippen MR) is 73.2 cm³/mol. The Morgan fingerprint density at radius 3 is 2.84 bits per heavy atom. The molecule has 1 fully saturated rings. The molecule has 1 N–H and O–H groups in total. The van der Waals surface area contributed by atoms with Crippen molar-refractivity contribution >= 4 is 11.6 Å². The zero-order valence-corrected chi connectivity index (χ0v) is 11.2. The van der Waals surface area contributed by atoms with E-state index in [1.165, 1.54) is 6.07 Å². The summed E-state index contributed by atoms with van der Waals surface area (Å²) in [5.41, 5.74) is 0.587. The Balaban J connectivity index is 2.03. The first-order valence-corrected chi connectivity index (χ1v) is 6.71. The Hall–Kier alpha value is -1.62. The van der Waals surface area contributed by atoms with Gasteiger partial charge < -0.3 is 14.6 Å². The summed E-state index contributed by atoms with van der Waals surface area (Å²) in [6.07, 6.45) is 5.87. The van der Waals surface area contributed by atoms with Crippen molar-refractivity contribution < 1.29 is 9.53 Å². The SMILES string of the molecule is COCCn1cc(NC(=O)C2CCCC2)ccc1=O. The Labute approximate surface area is 112 Å². The third-order valence-corrected chi connectivity index (χ3v) is 3.51. The standard InChI is InChI=1S/C14H20N2O3/c1-19-9-8-16-10-12(6-7-13(16)17)15-14(18)11-4-2-3-5-11/h6-7,10-11H,2-5,8-9H2,1H3,(H,15,18). The monoisotopic (exact) mass is 264 g/mol. The maximum atomic E-state index is 12.0. The molecule has 0 radical (unpaired) electrons. The first-order chi connectivity index (χ1) is 9.20. The van der Waals surface area contributed by atoms with Crippen LogP contribution in [0.15, 0.2) is 23.1 Å². The summed E-state index contributed by atoms with van der Waals surface area (Å²) >= 11 is 0. The number of hydrogen-bond acceptors (Lipinski definition) is 3. The maximum absolute atomic E-state index is 12.0. The van der Waals surface area contributed by atoms with Crippen LogP contribution in [0.1, 0.15) is 25.7 Å². The van der Waals surface area contributed by atoms with Gasteiger partial charge in [0.2, 0.25) is 5.91 Å². The molecule has 1 aliphatic rings. The van der Waals surface area contributed by atoms with Gasteiger partial charge in [-0.05, 0) is 18.9 Å². The van der Waals surface area contributed by atoms with Gasteiger partial charge in [0.1, 0.15) is 0 Å². The van der Waals surface area contributed by atoms with Crippen LogP contribution in [0.5, 0.6) is 0 Å². The van der Waals surface area contributed by atoms with E-state index in [0.29, 0.717) is 18.8 Å². The summed E-state index contributed by atoms with van der Waals surface area (Å²) in [6.45, 7) is 0.961.